The first kappa shape index (κ1) is 73.3. The van der Waals surface area contributed by atoms with Gasteiger partial charge in [0.2, 0.25) is 5.91 Å². The van der Waals surface area contributed by atoms with E-state index in [0.717, 1.165) is 44.9 Å². The number of nitrogens with one attached hydrogen (secondary N) is 1. The molecule has 0 heterocycles. The Labute approximate surface area is 469 Å². The lowest BCUT2D eigenvalue weighted by Gasteiger charge is -2.20. The van der Waals surface area contributed by atoms with Crippen LogP contribution in [0.15, 0.2) is 24.3 Å². The van der Waals surface area contributed by atoms with Crippen LogP contribution in [0.2, 0.25) is 0 Å². The van der Waals surface area contributed by atoms with Crippen LogP contribution in [0, 0.1) is 0 Å². The maximum absolute atomic E-state index is 12.5. The van der Waals surface area contributed by atoms with Crippen LogP contribution in [0.4, 0.5) is 0 Å². The highest BCUT2D eigenvalue weighted by atomic mass is 16.5. The highest BCUT2D eigenvalue weighted by Gasteiger charge is 2.18. The van der Waals surface area contributed by atoms with Gasteiger partial charge in [-0.25, -0.2) is 0 Å². The first-order chi connectivity index (χ1) is 37.0. The first-order valence-corrected chi connectivity index (χ1v) is 34.1. The maximum atomic E-state index is 12.5. The van der Waals surface area contributed by atoms with Gasteiger partial charge in [0, 0.05) is 12.8 Å². The Balaban J connectivity index is 3.41. The lowest BCUT2D eigenvalue weighted by atomic mass is 10.0. The Morgan fingerprint density at radius 1 is 0.360 bits per heavy atom. The fourth-order valence-corrected chi connectivity index (χ4v) is 10.7. The van der Waals surface area contributed by atoms with Crippen molar-refractivity contribution in [1.82, 2.24) is 5.32 Å². The summed E-state index contributed by atoms with van der Waals surface area (Å²) < 4.78 is 5.46. The molecule has 75 heavy (non-hydrogen) atoms. The average molecular weight is 1060 g/mol. The lowest BCUT2D eigenvalue weighted by Crippen LogP contribution is -2.45. The summed E-state index contributed by atoms with van der Waals surface area (Å²) in [4.78, 5) is 24.5. The molecule has 444 valence electrons. The van der Waals surface area contributed by atoms with Crippen LogP contribution in [0.3, 0.4) is 0 Å². The number of hydrogen-bond donors (Lipinski definition) is 3. The number of esters is 1. The molecule has 3 N–H and O–H groups in total. The molecule has 0 aliphatic carbocycles. The minimum atomic E-state index is -0.845. The number of carbonyl (C=O) groups excluding carboxylic acids is 2. The van der Waals surface area contributed by atoms with Crippen molar-refractivity contribution in [3.8, 4) is 0 Å². The molecule has 0 radical (unpaired) electrons. The quantitative estimate of drug-likeness (QED) is 0.0320. The Bertz CT molecular complexity index is 1170. The van der Waals surface area contributed by atoms with Gasteiger partial charge in [-0.15, -0.1) is 0 Å². The molecule has 6 nitrogen and oxygen atoms in total. The number of unbranched alkanes of at least 4 members (excludes halogenated alkanes) is 51. The van der Waals surface area contributed by atoms with E-state index in [-0.39, 0.29) is 18.5 Å². The summed E-state index contributed by atoms with van der Waals surface area (Å²) in [6.45, 7) is 4.90. The van der Waals surface area contributed by atoms with Crippen molar-refractivity contribution in [3.05, 3.63) is 24.3 Å². The molecule has 0 aromatic heterocycles. The lowest BCUT2D eigenvalue weighted by molar-refractivity contribution is -0.143. The molecule has 2 atom stereocenters. The summed E-state index contributed by atoms with van der Waals surface area (Å²) in [6, 6.07) is -0.629. The van der Waals surface area contributed by atoms with E-state index >= 15 is 0 Å². The maximum Gasteiger partial charge on any atom is 0.305 e. The first-order valence-electron chi connectivity index (χ1n) is 34.1. The second-order valence-electron chi connectivity index (χ2n) is 23.5. The predicted octanol–water partition coefficient (Wildman–Crippen LogP) is 21.8. The van der Waals surface area contributed by atoms with Crippen LogP contribution in [0.5, 0.6) is 0 Å². The highest BCUT2D eigenvalue weighted by Crippen LogP contribution is 2.19. The normalized spacial score (nSPS) is 12.6. The second-order valence-corrected chi connectivity index (χ2v) is 23.5. The van der Waals surface area contributed by atoms with Crippen molar-refractivity contribution in [3.63, 3.8) is 0 Å². The zero-order chi connectivity index (χ0) is 54.3. The molecule has 0 saturated heterocycles. The van der Waals surface area contributed by atoms with Gasteiger partial charge >= 0.3 is 5.97 Å². The van der Waals surface area contributed by atoms with Crippen molar-refractivity contribution in [2.24, 2.45) is 0 Å². The van der Waals surface area contributed by atoms with Gasteiger partial charge in [-0.1, -0.05) is 340 Å². The Hall–Kier alpha value is -1.66. The monoisotopic (exact) mass is 1060 g/mol. The molecule has 0 aromatic rings. The van der Waals surface area contributed by atoms with Crippen molar-refractivity contribution in [1.29, 1.82) is 0 Å². The third-order valence-corrected chi connectivity index (χ3v) is 16.0. The number of aliphatic hydroxyl groups excluding tert-OH is 2. The molecule has 0 bridgehead atoms. The van der Waals surface area contributed by atoms with E-state index in [4.69, 9.17) is 4.74 Å². The third-order valence-electron chi connectivity index (χ3n) is 16.0. The number of ether oxygens (including phenoxy) is 1. The fraction of sp³-hybridized carbons (Fsp3) is 0.913. The van der Waals surface area contributed by atoms with Gasteiger partial charge in [-0.2, -0.15) is 0 Å². The minimum absolute atomic E-state index is 0.00342. The van der Waals surface area contributed by atoms with Crippen LogP contribution >= 0.6 is 0 Å². The van der Waals surface area contributed by atoms with Crippen LogP contribution in [-0.2, 0) is 14.3 Å². The van der Waals surface area contributed by atoms with E-state index in [0.29, 0.717) is 19.4 Å². The van der Waals surface area contributed by atoms with Gasteiger partial charge in [0.05, 0.1) is 25.4 Å². The van der Waals surface area contributed by atoms with Crippen molar-refractivity contribution >= 4 is 11.9 Å². The average Bonchev–Trinajstić information content (AvgIpc) is 3.41. The van der Waals surface area contributed by atoms with E-state index in [1.807, 2.05) is 6.08 Å². The summed E-state index contributed by atoms with van der Waals surface area (Å²) in [5.41, 5.74) is 0. The summed E-state index contributed by atoms with van der Waals surface area (Å²) in [5.74, 6) is -0.0599. The predicted molar refractivity (Wildman–Crippen MR) is 329 cm³/mol. The van der Waals surface area contributed by atoms with Gasteiger partial charge in [-0.3, -0.25) is 9.59 Å². The van der Waals surface area contributed by atoms with Gasteiger partial charge in [0.1, 0.15) is 0 Å². The third kappa shape index (κ3) is 61.4. The van der Waals surface area contributed by atoms with Crippen molar-refractivity contribution in [2.75, 3.05) is 13.2 Å². The van der Waals surface area contributed by atoms with Crippen LogP contribution in [-0.4, -0.2) is 47.4 Å². The molecule has 0 aliphatic rings. The fourth-order valence-electron chi connectivity index (χ4n) is 10.7. The minimum Gasteiger partial charge on any atom is -0.466 e. The molecule has 0 rings (SSSR count). The Kier molecular flexibility index (Phi) is 63.4. The topological polar surface area (TPSA) is 95.9 Å². The highest BCUT2D eigenvalue weighted by molar-refractivity contribution is 5.76. The molecule has 0 aliphatic heterocycles. The van der Waals surface area contributed by atoms with Crippen LogP contribution in [0.1, 0.15) is 380 Å². The zero-order valence-electron chi connectivity index (χ0n) is 50.8. The van der Waals surface area contributed by atoms with E-state index in [1.54, 1.807) is 6.08 Å². The molecule has 0 aromatic carbocycles. The van der Waals surface area contributed by atoms with Crippen LogP contribution in [0.25, 0.3) is 0 Å². The number of hydrogen-bond acceptors (Lipinski definition) is 5. The molecule has 2 unspecified atom stereocenters. The second kappa shape index (κ2) is 64.9. The number of rotatable bonds is 64. The number of amides is 1. The molecular formula is C69H133NO5. The van der Waals surface area contributed by atoms with Crippen LogP contribution < -0.4 is 5.32 Å². The molecule has 0 spiro atoms. The number of aliphatic hydroxyl groups is 2. The smallest absolute Gasteiger partial charge is 0.305 e. The Morgan fingerprint density at radius 2 is 0.640 bits per heavy atom. The standard InChI is InChI=1S/C69H133NO5/c1-3-5-7-9-11-13-15-16-17-18-19-20-21-23-26-29-32-35-38-42-45-49-53-57-61-67(72)66(65-71)70-68(73)62-58-54-50-46-43-39-36-33-30-27-24-22-25-28-31-34-37-40-44-48-52-56-60-64-75-69(74)63-59-55-51-47-41-14-12-10-8-6-4-2/h10,12,57,61,66-67,71-72H,3-9,11,13-56,58-60,62-65H2,1-2H3,(H,70,73)/b12-10-,61-57+. The molecular weight excluding hydrogens is 923 g/mol. The van der Waals surface area contributed by atoms with E-state index in [9.17, 15) is 19.8 Å². The SMILES string of the molecule is CCCC/C=C\CCCCCCCC(=O)OCCCCCCCCCCCCCCCCCCCCCCCCCC(=O)NC(CO)C(O)/C=C/CCCCCCCCCCCCCCCCCCCCCCCC. The van der Waals surface area contributed by atoms with E-state index in [2.05, 4.69) is 31.3 Å². The molecule has 1 amide bonds. The van der Waals surface area contributed by atoms with Crippen molar-refractivity contribution < 1.29 is 24.5 Å². The number of carbonyl (C=O) groups is 2. The molecule has 0 saturated carbocycles. The molecule has 0 fully saturated rings. The number of allylic oxidation sites excluding steroid dienone is 3. The summed E-state index contributed by atoms with van der Waals surface area (Å²) in [6.07, 6.45) is 81.0. The largest absolute Gasteiger partial charge is 0.466 e. The van der Waals surface area contributed by atoms with Gasteiger partial charge in [0.25, 0.3) is 0 Å². The van der Waals surface area contributed by atoms with E-state index < -0.39 is 12.1 Å². The van der Waals surface area contributed by atoms with Gasteiger partial charge < -0.3 is 20.3 Å². The molecule has 6 heteroatoms. The van der Waals surface area contributed by atoms with E-state index in [1.165, 1.54) is 308 Å². The summed E-state index contributed by atoms with van der Waals surface area (Å²) in [5, 5.41) is 23.3. The Morgan fingerprint density at radius 3 is 0.987 bits per heavy atom. The van der Waals surface area contributed by atoms with Gasteiger partial charge in [0.15, 0.2) is 0 Å². The van der Waals surface area contributed by atoms with Gasteiger partial charge in [-0.05, 0) is 51.4 Å². The van der Waals surface area contributed by atoms with Crippen molar-refractivity contribution in [2.45, 2.75) is 392 Å². The summed E-state index contributed by atoms with van der Waals surface area (Å²) >= 11 is 0. The zero-order valence-corrected chi connectivity index (χ0v) is 50.8. The summed E-state index contributed by atoms with van der Waals surface area (Å²) in [7, 11) is 0.